The van der Waals surface area contributed by atoms with E-state index >= 15 is 0 Å². The molecule has 4 rings (SSSR count). The number of hydrogen-bond acceptors (Lipinski definition) is 4. The molecule has 6 heteroatoms. The number of para-hydroxylation sites is 2. The van der Waals surface area contributed by atoms with Crippen LogP contribution in [0.1, 0.15) is 23.3 Å². The van der Waals surface area contributed by atoms with Crippen LogP contribution in [-0.2, 0) is 16.0 Å². The van der Waals surface area contributed by atoms with Crippen LogP contribution in [0.2, 0.25) is 0 Å². The highest BCUT2D eigenvalue weighted by Gasteiger charge is 2.23. The van der Waals surface area contributed by atoms with Gasteiger partial charge >= 0.3 is 0 Å². The van der Waals surface area contributed by atoms with E-state index in [-0.39, 0.29) is 11.8 Å². The predicted molar refractivity (Wildman–Crippen MR) is 146 cm³/mol. The van der Waals surface area contributed by atoms with Gasteiger partial charge in [-0.2, -0.15) is 0 Å². The molecule has 0 aliphatic heterocycles. The maximum atomic E-state index is 13.5. The molecule has 0 aliphatic carbocycles. The molecule has 0 saturated heterocycles. The molecule has 0 aliphatic rings. The molecule has 0 bridgehead atoms. The van der Waals surface area contributed by atoms with Crippen molar-refractivity contribution in [3.8, 4) is 5.75 Å². The Labute approximate surface area is 215 Å². The SMILES string of the molecule is CCOc1ccccc1NC(=O)C(Sc1cccc(NC(=O)Cc2ccccc2)c1)c1ccccc1. The highest BCUT2D eigenvalue weighted by atomic mass is 32.2. The van der Waals surface area contributed by atoms with Gasteiger partial charge in [-0.3, -0.25) is 9.59 Å². The first kappa shape index (κ1) is 25.1. The first-order chi connectivity index (χ1) is 17.6. The van der Waals surface area contributed by atoms with Gasteiger partial charge in [0, 0.05) is 10.6 Å². The van der Waals surface area contributed by atoms with Crippen molar-refractivity contribution >= 4 is 35.0 Å². The predicted octanol–water partition coefficient (Wildman–Crippen LogP) is 6.74. The normalized spacial score (nSPS) is 11.4. The number of benzene rings is 4. The maximum Gasteiger partial charge on any atom is 0.242 e. The highest BCUT2D eigenvalue weighted by Crippen LogP contribution is 2.38. The second-order valence-corrected chi connectivity index (χ2v) is 9.24. The van der Waals surface area contributed by atoms with Crippen molar-refractivity contribution in [2.75, 3.05) is 17.2 Å². The van der Waals surface area contributed by atoms with Crippen molar-refractivity contribution in [1.82, 2.24) is 0 Å². The van der Waals surface area contributed by atoms with Crippen LogP contribution in [0.25, 0.3) is 0 Å². The molecule has 0 fully saturated rings. The summed E-state index contributed by atoms with van der Waals surface area (Å²) >= 11 is 1.43. The summed E-state index contributed by atoms with van der Waals surface area (Å²) in [6.45, 7) is 2.42. The summed E-state index contributed by atoms with van der Waals surface area (Å²) in [7, 11) is 0. The van der Waals surface area contributed by atoms with E-state index in [0.717, 1.165) is 16.0 Å². The third-order valence-corrected chi connectivity index (χ3v) is 6.61. The highest BCUT2D eigenvalue weighted by molar-refractivity contribution is 8.00. The lowest BCUT2D eigenvalue weighted by Gasteiger charge is -2.19. The minimum Gasteiger partial charge on any atom is -0.492 e. The molecule has 2 N–H and O–H groups in total. The molecule has 0 saturated carbocycles. The Hall–Kier alpha value is -4.03. The van der Waals surface area contributed by atoms with Crippen molar-refractivity contribution in [1.29, 1.82) is 0 Å². The summed E-state index contributed by atoms with van der Waals surface area (Å²) < 4.78 is 5.68. The third-order valence-electron chi connectivity index (χ3n) is 5.36. The number of carbonyl (C=O) groups excluding carboxylic acids is 2. The molecule has 0 aromatic heterocycles. The summed E-state index contributed by atoms with van der Waals surface area (Å²) in [4.78, 5) is 26.9. The fourth-order valence-corrected chi connectivity index (χ4v) is 4.80. The van der Waals surface area contributed by atoms with Gasteiger partial charge in [0.15, 0.2) is 0 Å². The summed E-state index contributed by atoms with van der Waals surface area (Å²) in [6.07, 6.45) is 0.298. The van der Waals surface area contributed by atoms with Gasteiger partial charge in [0.2, 0.25) is 11.8 Å². The number of ether oxygens (including phenoxy) is 1. The van der Waals surface area contributed by atoms with Gasteiger partial charge in [0.25, 0.3) is 0 Å². The zero-order chi connectivity index (χ0) is 25.2. The Morgan fingerprint density at radius 3 is 2.25 bits per heavy atom. The molecule has 1 atom stereocenters. The minimum absolute atomic E-state index is 0.0896. The van der Waals surface area contributed by atoms with Gasteiger partial charge in [-0.05, 0) is 48.4 Å². The first-order valence-electron chi connectivity index (χ1n) is 11.8. The minimum atomic E-state index is -0.504. The molecule has 36 heavy (non-hydrogen) atoms. The zero-order valence-electron chi connectivity index (χ0n) is 20.0. The summed E-state index contributed by atoms with van der Waals surface area (Å²) in [6, 6.07) is 34.3. The zero-order valence-corrected chi connectivity index (χ0v) is 20.8. The number of hydrogen-bond donors (Lipinski definition) is 2. The molecule has 182 valence electrons. The van der Waals surface area contributed by atoms with Crippen molar-refractivity contribution in [2.45, 2.75) is 23.5 Å². The van der Waals surface area contributed by atoms with Crippen LogP contribution in [0.15, 0.2) is 114 Å². The molecular weight excluding hydrogens is 468 g/mol. The summed E-state index contributed by atoms with van der Waals surface area (Å²) in [5.41, 5.74) is 3.16. The van der Waals surface area contributed by atoms with Gasteiger partial charge in [0.05, 0.1) is 18.7 Å². The van der Waals surface area contributed by atoms with Crippen molar-refractivity contribution in [2.24, 2.45) is 0 Å². The molecule has 0 spiro atoms. The Balaban J connectivity index is 1.51. The number of carbonyl (C=O) groups is 2. The molecule has 2 amide bonds. The van der Waals surface area contributed by atoms with Crippen LogP contribution in [0.5, 0.6) is 5.75 Å². The van der Waals surface area contributed by atoms with Gasteiger partial charge in [-0.1, -0.05) is 78.9 Å². The van der Waals surface area contributed by atoms with Crippen LogP contribution in [0.4, 0.5) is 11.4 Å². The van der Waals surface area contributed by atoms with E-state index in [1.165, 1.54) is 11.8 Å². The van der Waals surface area contributed by atoms with E-state index in [1.807, 2.05) is 116 Å². The van der Waals surface area contributed by atoms with E-state index in [1.54, 1.807) is 0 Å². The second kappa shape index (κ2) is 12.6. The molecule has 4 aromatic carbocycles. The second-order valence-electron chi connectivity index (χ2n) is 8.07. The number of rotatable bonds is 10. The lowest BCUT2D eigenvalue weighted by atomic mass is 10.1. The third kappa shape index (κ3) is 6.99. The lowest BCUT2D eigenvalue weighted by molar-refractivity contribution is -0.116. The van der Waals surface area contributed by atoms with E-state index < -0.39 is 5.25 Å². The van der Waals surface area contributed by atoms with Crippen molar-refractivity contribution in [3.05, 3.63) is 120 Å². The number of amides is 2. The number of anilines is 2. The lowest BCUT2D eigenvalue weighted by Crippen LogP contribution is -2.19. The van der Waals surface area contributed by atoms with Crippen LogP contribution in [0, 0.1) is 0 Å². The van der Waals surface area contributed by atoms with E-state index in [0.29, 0.717) is 30.2 Å². The molecular formula is C30H28N2O3S. The molecule has 0 heterocycles. The van der Waals surface area contributed by atoms with Crippen LogP contribution < -0.4 is 15.4 Å². The van der Waals surface area contributed by atoms with Crippen molar-refractivity contribution < 1.29 is 14.3 Å². The first-order valence-corrected chi connectivity index (χ1v) is 12.7. The van der Waals surface area contributed by atoms with Gasteiger partial charge < -0.3 is 15.4 Å². The van der Waals surface area contributed by atoms with E-state index in [4.69, 9.17) is 4.74 Å². The Morgan fingerprint density at radius 1 is 0.806 bits per heavy atom. The standard InChI is InChI=1S/C30H28N2O3S/c1-2-35-27-19-10-9-18-26(27)32-30(34)29(23-14-7-4-8-15-23)36-25-17-11-16-24(21-25)31-28(33)20-22-12-5-3-6-13-22/h3-19,21,29H,2,20H2,1H3,(H,31,33)(H,32,34). The average molecular weight is 497 g/mol. The fourth-order valence-electron chi connectivity index (χ4n) is 3.72. The Kier molecular flexibility index (Phi) is 8.78. The monoisotopic (exact) mass is 496 g/mol. The Bertz CT molecular complexity index is 1300. The molecule has 5 nitrogen and oxygen atoms in total. The number of nitrogens with one attached hydrogen (secondary N) is 2. The average Bonchev–Trinajstić information content (AvgIpc) is 2.90. The topological polar surface area (TPSA) is 67.4 Å². The molecule has 0 radical (unpaired) electrons. The Morgan fingerprint density at radius 2 is 1.50 bits per heavy atom. The van der Waals surface area contributed by atoms with E-state index in [9.17, 15) is 9.59 Å². The van der Waals surface area contributed by atoms with Gasteiger partial charge in [-0.25, -0.2) is 0 Å². The van der Waals surface area contributed by atoms with Gasteiger partial charge in [0.1, 0.15) is 11.0 Å². The summed E-state index contributed by atoms with van der Waals surface area (Å²) in [5, 5.41) is 5.50. The van der Waals surface area contributed by atoms with Crippen LogP contribution >= 0.6 is 11.8 Å². The molecule has 1 unspecified atom stereocenters. The maximum absolute atomic E-state index is 13.5. The van der Waals surface area contributed by atoms with E-state index in [2.05, 4.69) is 10.6 Å². The largest absolute Gasteiger partial charge is 0.492 e. The number of thioether (sulfide) groups is 1. The van der Waals surface area contributed by atoms with Crippen molar-refractivity contribution in [3.63, 3.8) is 0 Å². The smallest absolute Gasteiger partial charge is 0.242 e. The van der Waals surface area contributed by atoms with Crippen LogP contribution in [-0.4, -0.2) is 18.4 Å². The van der Waals surface area contributed by atoms with Gasteiger partial charge in [-0.15, -0.1) is 11.8 Å². The fraction of sp³-hybridized carbons (Fsp3) is 0.133. The quantitative estimate of drug-likeness (QED) is 0.239. The molecule has 4 aromatic rings. The van der Waals surface area contributed by atoms with Crippen LogP contribution in [0.3, 0.4) is 0 Å². The summed E-state index contributed by atoms with van der Waals surface area (Å²) in [5.74, 6) is 0.387.